The molecule has 0 unspecified atom stereocenters. The quantitative estimate of drug-likeness (QED) is 0.497. The Balaban J connectivity index is 1.66. The summed E-state index contributed by atoms with van der Waals surface area (Å²) in [5.41, 5.74) is 9.98. The number of rotatable bonds is 4. The van der Waals surface area contributed by atoms with Crippen LogP contribution in [0.3, 0.4) is 0 Å². The second-order valence-corrected chi connectivity index (χ2v) is 7.21. The molecule has 0 saturated heterocycles. The van der Waals surface area contributed by atoms with Crippen molar-refractivity contribution in [1.29, 1.82) is 0 Å². The van der Waals surface area contributed by atoms with Gasteiger partial charge >= 0.3 is 0 Å². The van der Waals surface area contributed by atoms with Crippen molar-refractivity contribution >= 4 is 28.4 Å². The van der Waals surface area contributed by atoms with Crippen molar-refractivity contribution in [3.05, 3.63) is 72.2 Å². The van der Waals surface area contributed by atoms with E-state index in [1.165, 1.54) is 23.7 Å². The summed E-state index contributed by atoms with van der Waals surface area (Å²) in [7, 11) is 0. The van der Waals surface area contributed by atoms with Crippen LogP contribution >= 0.6 is 11.8 Å². The molecule has 0 bridgehead atoms. The van der Waals surface area contributed by atoms with Gasteiger partial charge in [0.05, 0.1) is 5.52 Å². The molecule has 0 amide bonds. The molecule has 2 heterocycles. The Morgan fingerprint density at radius 1 is 0.926 bits per heavy atom. The summed E-state index contributed by atoms with van der Waals surface area (Å²) >= 11 is 1.46. The van der Waals surface area contributed by atoms with Gasteiger partial charge < -0.3 is 10.5 Å². The highest BCUT2D eigenvalue weighted by Crippen LogP contribution is 2.38. The summed E-state index contributed by atoms with van der Waals surface area (Å²) in [5, 5.41) is 1.71. The molecule has 5 nitrogen and oxygen atoms in total. The fourth-order valence-corrected chi connectivity index (χ4v) is 3.60. The number of pyridine rings is 1. The minimum absolute atomic E-state index is 0.351. The molecule has 0 fully saturated rings. The molecule has 134 valence electrons. The number of nitrogens with zero attached hydrogens (tertiary/aromatic N) is 3. The number of fused-ring (bicyclic) bond motifs is 1. The Bertz CT molecular complexity index is 1120. The third-order valence-corrected chi connectivity index (χ3v) is 5.37. The monoisotopic (exact) mass is 374 g/mol. The highest BCUT2D eigenvalue weighted by molar-refractivity contribution is 7.99. The molecular formula is C21H18N4OS. The predicted molar refractivity (Wildman–Crippen MR) is 108 cm³/mol. The minimum Gasteiger partial charge on any atom is -0.437 e. The number of benzene rings is 2. The zero-order valence-corrected chi connectivity index (χ0v) is 15.8. The number of anilines is 1. The lowest BCUT2D eigenvalue weighted by Gasteiger charge is -2.11. The van der Waals surface area contributed by atoms with Crippen molar-refractivity contribution in [2.24, 2.45) is 0 Å². The first-order valence-electron chi connectivity index (χ1n) is 8.49. The molecular weight excluding hydrogens is 356 g/mol. The lowest BCUT2D eigenvalue weighted by Crippen LogP contribution is -1.99. The van der Waals surface area contributed by atoms with Crippen LogP contribution in [0.25, 0.3) is 10.9 Å². The highest BCUT2D eigenvalue weighted by atomic mass is 32.2. The molecule has 2 N–H and O–H groups in total. The lowest BCUT2D eigenvalue weighted by atomic mass is 10.1. The van der Waals surface area contributed by atoms with Gasteiger partial charge in [-0.15, -0.1) is 0 Å². The number of hydrogen-bond donors (Lipinski definition) is 1. The summed E-state index contributed by atoms with van der Waals surface area (Å²) in [5.74, 6) is 1.05. The van der Waals surface area contributed by atoms with Gasteiger partial charge in [-0.1, -0.05) is 36.0 Å². The van der Waals surface area contributed by atoms with Crippen molar-refractivity contribution in [3.8, 4) is 11.6 Å². The van der Waals surface area contributed by atoms with Gasteiger partial charge in [-0.2, -0.15) is 4.98 Å². The maximum Gasteiger partial charge on any atom is 0.247 e. The Hall–Kier alpha value is -3.12. The van der Waals surface area contributed by atoms with E-state index in [1.807, 2.05) is 55.5 Å². The van der Waals surface area contributed by atoms with Gasteiger partial charge in [0.2, 0.25) is 5.88 Å². The van der Waals surface area contributed by atoms with Crippen molar-refractivity contribution in [3.63, 3.8) is 0 Å². The zero-order valence-electron chi connectivity index (χ0n) is 15.0. The molecule has 0 aliphatic rings. The number of hydrogen-bond acceptors (Lipinski definition) is 6. The van der Waals surface area contributed by atoms with Gasteiger partial charge in [0.25, 0.3) is 0 Å². The summed E-state index contributed by atoms with van der Waals surface area (Å²) in [6.07, 6.45) is 3.25. The number of aromatic nitrogens is 3. The van der Waals surface area contributed by atoms with E-state index in [-0.39, 0.29) is 0 Å². The van der Waals surface area contributed by atoms with Crippen LogP contribution in [0.2, 0.25) is 0 Å². The molecule has 27 heavy (non-hydrogen) atoms. The standard InChI is InChI=1S/C21H18N4OS/c1-13-8-9-16(11-14(13)2)26-20-18(22)21(25-12-24-20)27-17-7-3-5-15-6-4-10-23-19(15)17/h3-12H,22H2,1-2H3. The smallest absolute Gasteiger partial charge is 0.247 e. The molecule has 6 heteroatoms. The molecule has 0 spiro atoms. The van der Waals surface area contributed by atoms with E-state index in [1.54, 1.807) is 6.20 Å². The summed E-state index contributed by atoms with van der Waals surface area (Å²) in [6, 6.07) is 15.9. The van der Waals surface area contributed by atoms with Gasteiger partial charge in [0.15, 0.2) is 0 Å². The number of nitrogen functional groups attached to an aromatic ring is 1. The minimum atomic E-state index is 0.351. The van der Waals surface area contributed by atoms with Crippen LogP contribution in [0.5, 0.6) is 11.6 Å². The fraction of sp³-hybridized carbons (Fsp3) is 0.0952. The maximum atomic E-state index is 6.30. The third-order valence-electron chi connectivity index (χ3n) is 4.31. The van der Waals surface area contributed by atoms with Crippen LogP contribution in [0.1, 0.15) is 11.1 Å². The van der Waals surface area contributed by atoms with Gasteiger partial charge in [-0.25, -0.2) is 4.98 Å². The molecule has 4 rings (SSSR count). The summed E-state index contributed by atoms with van der Waals surface area (Å²) in [4.78, 5) is 14.0. The lowest BCUT2D eigenvalue weighted by molar-refractivity contribution is 0.461. The largest absolute Gasteiger partial charge is 0.437 e. The second-order valence-electron chi connectivity index (χ2n) is 6.18. The molecule has 0 aliphatic carbocycles. The molecule has 4 aromatic rings. The van der Waals surface area contributed by atoms with Crippen LogP contribution in [0.15, 0.2) is 71.0 Å². The molecule has 0 radical (unpaired) electrons. The fourth-order valence-electron chi connectivity index (χ4n) is 2.68. The number of aryl methyl sites for hydroxylation is 2. The van der Waals surface area contributed by atoms with Crippen molar-refractivity contribution in [2.45, 2.75) is 23.8 Å². The number of nitrogens with two attached hydrogens (primary N) is 1. The van der Waals surface area contributed by atoms with Crippen molar-refractivity contribution in [2.75, 3.05) is 5.73 Å². The first-order valence-corrected chi connectivity index (χ1v) is 9.30. The van der Waals surface area contributed by atoms with Crippen LogP contribution in [-0.2, 0) is 0 Å². The van der Waals surface area contributed by atoms with Gasteiger partial charge in [-0.3, -0.25) is 4.98 Å². The van der Waals surface area contributed by atoms with Crippen LogP contribution in [-0.4, -0.2) is 15.0 Å². The van der Waals surface area contributed by atoms with Gasteiger partial charge in [-0.05, 0) is 49.2 Å². The van der Waals surface area contributed by atoms with Gasteiger partial charge in [0, 0.05) is 16.5 Å². The summed E-state index contributed by atoms with van der Waals surface area (Å²) in [6.45, 7) is 4.10. The predicted octanol–water partition coefficient (Wildman–Crippen LogP) is 5.17. The Morgan fingerprint density at radius 2 is 1.78 bits per heavy atom. The first kappa shape index (κ1) is 17.3. The van der Waals surface area contributed by atoms with Crippen molar-refractivity contribution in [1.82, 2.24) is 15.0 Å². The van der Waals surface area contributed by atoms with Crippen LogP contribution < -0.4 is 10.5 Å². The van der Waals surface area contributed by atoms with E-state index in [0.29, 0.717) is 22.3 Å². The Morgan fingerprint density at radius 3 is 2.63 bits per heavy atom. The van der Waals surface area contributed by atoms with Crippen molar-refractivity contribution < 1.29 is 4.74 Å². The second kappa shape index (κ2) is 7.25. The summed E-state index contributed by atoms with van der Waals surface area (Å²) < 4.78 is 5.91. The average Bonchev–Trinajstić information content (AvgIpc) is 2.68. The third kappa shape index (κ3) is 3.57. The zero-order chi connectivity index (χ0) is 18.8. The molecule has 0 saturated carbocycles. The number of ether oxygens (including phenoxy) is 1. The van der Waals surface area contributed by atoms with Gasteiger partial charge in [0.1, 0.15) is 22.8 Å². The molecule has 2 aromatic carbocycles. The van der Waals surface area contributed by atoms with E-state index >= 15 is 0 Å². The normalized spacial score (nSPS) is 10.9. The van der Waals surface area contributed by atoms with E-state index in [4.69, 9.17) is 10.5 Å². The van der Waals surface area contributed by atoms with Crippen LogP contribution in [0, 0.1) is 13.8 Å². The van der Waals surface area contributed by atoms with E-state index in [2.05, 4.69) is 21.9 Å². The topological polar surface area (TPSA) is 73.9 Å². The van der Waals surface area contributed by atoms with E-state index in [0.717, 1.165) is 21.4 Å². The maximum absolute atomic E-state index is 6.30. The van der Waals surface area contributed by atoms with E-state index in [9.17, 15) is 0 Å². The van der Waals surface area contributed by atoms with E-state index < -0.39 is 0 Å². The Kier molecular flexibility index (Phi) is 4.64. The SMILES string of the molecule is Cc1ccc(Oc2ncnc(Sc3cccc4cccnc34)c2N)cc1C. The number of para-hydroxylation sites is 1. The first-order chi connectivity index (χ1) is 13.1. The average molecular weight is 374 g/mol. The molecule has 0 atom stereocenters. The molecule has 0 aliphatic heterocycles. The Labute approximate surface area is 161 Å². The molecule has 2 aromatic heterocycles. The van der Waals surface area contributed by atoms with Crippen LogP contribution in [0.4, 0.5) is 5.69 Å². The highest BCUT2D eigenvalue weighted by Gasteiger charge is 2.14.